The molecule has 26 heavy (non-hydrogen) atoms. The lowest BCUT2D eigenvalue weighted by Gasteiger charge is -2.28. The third-order valence-corrected chi connectivity index (χ3v) is 7.35. The fourth-order valence-electron chi connectivity index (χ4n) is 2.83. The first kappa shape index (κ1) is 19.3. The summed E-state index contributed by atoms with van der Waals surface area (Å²) in [6.45, 7) is 0.108. The quantitative estimate of drug-likeness (QED) is 0.662. The normalized spacial score (nSPS) is 18.6. The maximum absolute atomic E-state index is 13.1. The maximum Gasteiger partial charge on any atom is 0.261 e. The van der Waals surface area contributed by atoms with Crippen molar-refractivity contribution in [2.24, 2.45) is 0 Å². The van der Waals surface area contributed by atoms with Crippen LogP contribution in [0, 0.1) is 5.82 Å². The highest BCUT2D eigenvalue weighted by molar-refractivity contribution is 9.10. The zero-order valence-electron chi connectivity index (χ0n) is 13.7. The number of amides is 1. The fraction of sp³-hybridized carbons (Fsp3) is 0.353. The number of hydrogen-bond donors (Lipinski definition) is 0. The van der Waals surface area contributed by atoms with Crippen molar-refractivity contribution in [2.45, 2.75) is 19.0 Å². The smallest absolute Gasteiger partial charge is 0.261 e. The second-order valence-electron chi connectivity index (χ2n) is 6.02. The van der Waals surface area contributed by atoms with Crippen molar-refractivity contribution in [3.05, 3.63) is 50.9 Å². The van der Waals surface area contributed by atoms with Gasteiger partial charge in [0.1, 0.15) is 11.6 Å². The molecule has 0 aliphatic carbocycles. The fourth-order valence-corrected chi connectivity index (χ4v) is 5.73. The molecule has 2 heterocycles. The molecule has 1 aliphatic rings. The molecule has 0 saturated carbocycles. The molecule has 140 valence electrons. The Hall–Kier alpha value is -1.45. The Kier molecular flexibility index (Phi) is 5.99. The van der Waals surface area contributed by atoms with Gasteiger partial charge < -0.3 is 9.64 Å². The lowest BCUT2D eigenvalue weighted by Crippen LogP contribution is -2.42. The van der Waals surface area contributed by atoms with Gasteiger partial charge in [0.25, 0.3) is 5.91 Å². The predicted molar refractivity (Wildman–Crippen MR) is 102 cm³/mol. The van der Waals surface area contributed by atoms with E-state index in [0.29, 0.717) is 23.2 Å². The summed E-state index contributed by atoms with van der Waals surface area (Å²) in [7, 11) is -3.11. The minimum atomic E-state index is -3.11. The van der Waals surface area contributed by atoms with Gasteiger partial charge >= 0.3 is 0 Å². The predicted octanol–water partition coefficient (Wildman–Crippen LogP) is 3.24. The van der Waals surface area contributed by atoms with Crippen LogP contribution in [0.1, 0.15) is 11.3 Å². The second-order valence-corrected chi connectivity index (χ2v) is 10.1. The summed E-state index contributed by atoms with van der Waals surface area (Å²) >= 11 is 4.71. The van der Waals surface area contributed by atoms with Crippen LogP contribution in [-0.2, 0) is 21.2 Å². The van der Waals surface area contributed by atoms with Gasteiger partial charge in [-0.25, -0.2) is 12.8 Å². The Morgan fingerprint density at radius 1 is 1.38 bits per heavy atom. The van der Waals surface area contributed by atoms with Crippen LogP contribution in [0.2, 0.25) is 0 Å². The van der Waals surface area contributed by atoms with Crippen molar-refractivity contribution in [1.82, 2.24) is 4.90 Å². The van der Waals surface area contributed by atoms with Crippen molar-refractivity contribution in [3.63, 3.8) is 0 Å². The lowest BCUT2D eigenvalue weighted by atomic mass is 10.2. The van der Waals surface area contributed by atoms with Crippen LogP contribution in [0.3, 0.4) is 0 Å². The molecule has 0 radical (unpaired) electrons. The van der Waals surface area contributed by atoms with Gasteiger partial charge in [-0.15, -0.1) is 11.3 Å². The maximum atomic E-state index is 13.1. The molecule has 1 aromatic heterocycles. The third-order valence-electron chi connectivity index (χ3n) is 4.12. The van der Waals surface area contributed by atoms with E-state index in [1.807, 2.05) is 17.5 Å². The van der Waals surface area contributed by atoms with Crippen molar-refractivity contribution >= 4 is 43.0 Å². The molecule has 3 rings (SSSR count). The van der Waals surface area contributed by atoms with Gasteiger partial charge in [-0.2, -0.15) is 0 Å². The summed E-state index contributed by atoms with van der Waals surface area (Å²) in [6.07, 6.45) is 0.430. The highest BCUT2D eigenvalue weighted by Crippen LogP contribution is 2.26. The van der Waals surface area contributed by atoms with Crippen LogP contribution in [0.25, 0.3) is 0 Å². The molecule has 1 fully saturated rings. The number of hydrogen-bond acceptors (Lipinski definition) is 5. The highest BCUT2D eigenvalue weighted by atomic mass is 79.9. The summed E-state index contributed by atoms with van der Waals surface area (Å²) in [5.74, 6) is -0.279. The van der Waals surface area contributed by atoms with E-state index in [0.717, 1.165) is 4.88 Å². The monoisotopic (exact) mass is 461 g/mol. The first-order valence-electron chi connectivity index (χ1n) is 7.94. The molecular weight excluding hydrogens is 445 g/mol. The van der Waals surface area contributed by atoms with Gasteiger partial charge in [0.05, 0.1) is 22.5 Å². The summed E-state index contributed by atoms with van der Waals surface area (Å²) in [5.41, 5.74) is 0. The van der Waals surface area contributed by atoms with E-state index in [2.05, 4.69) is 15.9 Å². The average Bonchev–Trinajstić information content (AvgIpc) is 3.20. The zero-order chi connectivity index (χ0) is 18.7. The number of carbonyl (C=O) groups excluding carboxylic acids is 1. The van der Waals surface area contributed by atoms with Crippen LogP contribution >= 0.6 is 27.3 Å². The van der Waals surface area contributed by atoms with E-state index in [1.165, 1.54) is 29.5 Å². The molecule has 1 unspecified atom stereocenters. The van der Waals surface area contributed by atoms with Gasteiger partial charge in [-0.05, 0) is 52.0 Å². The van der Waals surface area contributed by atoms with Crippen LogP contribution in [0.5, 0.6) is 5.75 Å². The van der Waals surface area contributed by atoms with Crippen LogP contribution in [0.4, 0.5) is 4.39 Å². The molecule has 9 heteroatoms. The molecule has 1 atom stereocenters. The molecule has 1 saturated heterocycles. The van der Waals surface area contributed by atoms with Gasteiger partial charge in [-0.3, -0.25) is 4.79 Å². The Labute approximate surface area is 163 Å². The summed E-state index contributed by atoms with van der Waals surface area (Å²) < 4.78 is 42.7. The number of nitrogens with zero attached hydrogens (tertiary/aromatic N) is 1. The Morgan fingerprint density at radius 3 is 2.81 bits per heavy atom. The van der Waals surface area contributed by atoms with E-state index in [4.69, 9.17) is 4.74 Å². The van der Waals surface area contributed by atoms with Crippen LogP contribution in [-0.4, -0.2) is 43.4 Å². The Morgan fingerprint density at radius 2 is 2.19 bits per heavy atom. The molecule has 1 aliphatic heterocycles. The summed E-state index contributed by atoms with van der Waals surface area (Å²) in [6, 6.07) is 7.39. The largest absolute Gasteiger partial charge is 0.483 e. The van der Waals surface area contributed by atoms with Gasteiger partial charge in [-0.1, -0.05) is 6.07 Å². The Bertz CT molecular complexity index is 886. The summed E-state index contributed by atoms with van der Waals surface area (Å²) in [4.78, 5) is 15.3. The third kappa shape index (κ3) is 4.83. The Balaban J connectivity index is 1.71. The average molecular weight is 462 g/mol. The number of thiophene rings is 1. The van der Waals surface area contributed by atoms with Gasteiger partial charge in [0.2, 0.25) is 0 Å². The molecule has 1 aromatic carbocycles. The van der Waals surface area contributed by atoms with Crippen molar-refractivity contribution < 1.29 is 22.3 Å². The number of rotatable bonds is 6. The minimum absolute atomic E-state index is 0.0235. The van der Waals surface area contributed by atoms with E-state index in [9.17, 15) is 17.6 Å². The molecule has 2 aromatic rings. The molecule has 1 amide bonds. The number of benzene rings is 1. The number of sulfone groups is 1. The lowest BCUT2D eigenvalue weighted by molar-refractivity contribution is -0.135. The van der Waals surface area contributed by atoms with Crippen LogP contribution < -0.4 is 4.74 Å². The first-order valence-corrected chi connectivity index (χ1v) is 11.4. The SMILES string of the molecule is O=C(COc1ccc(F)cc1Br)N(Cc1cccs1)C1CCS(=O)(=O)C1. The second kappa shape index (κ2) is 8.06. The molecule has 0 bridgehead atoms. The van der Waals surface area contributed by atoms with Crippen molar-refractivity contribution in [3.8, 4) is 5.75 Å². The number of carbonyl (C=O) groups is 1. The zero-order valence-corrected chi connectivity index (χ0v) is 16.9. The number of halogens is 2. The summed E-state index contributed by atoms with van der Waals surface area (Å²) in [5, 5.41) is 1.91. The van der Waals surface area contributed by atoms with Gasteiger partial charge in [0.15, 0.2) is 16.4 Å². The van der Waals surface area contributed by atoms with Gasteiger partial charge in [0, 0.05) is 10.9 Å². The van der Waals surface area contributed by atoms with E-state index >= 15 is 0 Å². The minimum Gasteiger partial charge on any atom is -0.483 e. The topological polar surface area (TPSA) is 63.7 Å². The van der Waals surface area contributed by atoms with E-state index in [-0.39, 0.29) is 30.1 Å². The van der Waals surface area contributed by atoms with Crippen molar-refractivity contribution in [1.29, 1.82) is 0 Å². The number of ether oxygens (including phenoxy) is 1. The van der Waals surface area contributed by atoms with Crippen LogP contribution in [0.15, 0.2) is 40.2 Å². The standard InChI is InChI=1S/C17H17BrFNO4S2/c18-15-8-12(19)3-4-16(15)24-10-17(21)20(9-14-2-1-6-25-14)13-5-7-26(22,23)11-13/h1-4,6,8,13H,5,7,9-11H2. The highest BCUT2D eigenvalue weighted by Gasteiger charge is 2.35. The van der Waals surface area contributed by atoms with E-state index in [1.54, 1.807) is 4.90 Å². The first-order chi connectivity index (χ1) is 12.3. The molecule has 5 nitrogen and oxygen atoms in total. The molecule has 0 spiro atoms. The molecule has 0 N–H and O–H groups in total. The molecular formula is C17H17BrFNO4S2. The van der Waals surface area contributed by atoms with Crippen molar-refractivity contribution in [2.75, 3.05) is 18.1 Å². The van der Waals surface area contributed by atoms with E-state index < -0.39 is 15.7 Å².